The zero-order chi connectivity index (χ0) is 16.6. The van der Waals surface area contributed by atoms with Crippen LogP contribution in [0.25, 0.3) is 0 Å². The van der Waals surface area contributed by atoms with Gasteiger partial charge < -0.3 is 15.5 Å². The fourth-order valence-electron chi connectivity index (χ4n) is 2.96. The summed E-state index contributed by atoms with van der Waals surface area (Å²) in [6.07, 6.45) is 6.09. The number of benzene rings is 1. The van der Waals surface area contributed by atoms with Crippen molar-refractivity contribution in [1.29, 1.82) is 0 Å². The van der Waals surface area contributed by atoms with Crippen LogP contribution in [-0.4, -0.2) is 42.0 Å². The van der Waals surface area contributed by atoms with Gasteiger partial charge in [-0.15, -0.1) is 0 Å². The molecule has 1 aromatic heterocycles. The fourth-order valence-corrected chi connectivity index (χ4v) is 2.96. The summed E-state index contributed by atoms with van der Waals surface area (Å²) in [5.41, 5.74) is 2.68. The first-order chi connectivity index (χ1) is 11.8. The first-order valence-corrected chi connectivity index (χ1v) is 8.55. The summed E-state index contributed by atoms with van der Waals surface area (Å²) in [6, 6.07) is 11.6. The molecular formula is C19H24N4O. The third-order valence-electron chi connectivity index (χ3n) is 4.32. The predicted octanol–water partition coefficient (Wildman–Crippen LogP) is 2.52. The lowest BCUT2D eigenvalue weighted by Gasteiger charge is -2.16. The smallest absolute Gasteiger partial charge is 0.253 e. The number of anilines is 1. The highest BCUT2D eigenvalue weighted by molar-refractivity contribution is 5.99. The summed E-state index contributed by atoms with van der Waals surface area (Å²) >= 11 is 0. The van der Waals surface area contributed by atoms with Crippen molar-refractivity contribution in [2.75, 3.05) is 31.5 Å². The summed E-state index contributed by atoms with van der Waals surface area (Å²) in [4.78, 5) is 18.9. The van der Waals surface area contributed by atoms with Gasteiger partial charge in [-0.3, -0.25) is 9.78 Å². The fraction of sp³-hybridized carbons (Fsp3) is 0.368. The number of carbonyl (C=O) groups is 1. The third-order valence-corrected chi connectivity index (χ3v) is 4.32. The van der Waals surface area contributed by atoms with Gasteiger partial charge >= 0.3 is 0 Å². The van der Waals surface area contributed by atoms with E-state index in [4.69, 9.17) is 0 Å². The Balaban J connectivity index is 1.55. The Labute approximate surface area is 143 Å². The summed E-state index contributed by atoms with van der Waals surface area (Å²) in [7, 11) is 0. The molecule has 1 aromatic carbocycles. The molecule has 2 heterocycles. The number of pyridine rings is 1. The monoisotopic (exact) mass is 324 g/mol. The Morgan fingerprint density at radius 3 is 2.62 bits per heavy atom. The van der Waals surface area contributed by atoms with E-state index in [1.165, 1.54) is 12.8 Å². The third kappa shape index (κ3) is 4.55. The minimum atomic E-state index is -0.0213. The average molecular weight is 324 g/mol. The van der Waals surface area contributed by atoms with Gasteiger partial charge in [0.05, 0.1) is 5.56 Å². The Kier molecular flexibility index (Phi) is 5.80. The first-order valence-electron chi connectivity index (χ1n) is 8.55. The molecule has 1 aliphatic heterocycles. The zero-order valence-corrected chi connectivity index (χ0v) is 13.9. The van der Waals surface area contributed by atoms with Crippen LogP contribution in [-0.2, 0) is 6.54 Å². The molecule has 1 saturated heterocycles. The topological polar surface area (TPSA) is 57.3 Å². The Hall–Kier alpha value is -2.40. The summed E-state index contributed by atoms with van der Waals surface area (Å²) in [5, 5.41) is 6.38. The molecule has 1 aliphatic rings. The van der Waals surface area contributed by atoms with E-state index in [0.717, 1.165) is 30.9 Å². The number of carbonyl (C=O) groups excluding carboxylic acids is 1. The molecule has 24 heavy (non-hydrogen) atoms. The van der Waals surface area contributed by atoms with Crippen LogP contribution in [0.3, 0.4) is 0 Å². The van der Waals surface area contributed by atoms with Crippen LogP contribution in [0.1, 0.15) is 28.8 Å². The number of hydrogen-bond acceptors (Lipinski definition) is 4. The number of likely N-dealkylation sites (tertiary alicyclic amines) is 1. The van der Waals surface area contributed by atoms with Gasteiger partial charge in [0.2, 0.25) is 0 Å². The lowest BCUT2D eigenvalue weighted by Crippen LogP contribution is -2.33. The van der Waals surface area contributed by atoms with Crippen LogP contribution < -0.4 is 10.6 Å². The maximum absolute atomic E-state index is 12.5. The molecule has 126 valence electrons. The summed E-state index contributed by atoms with van der Waals surface area (Å²) in [5.74, 6) is -0.0213. The first kappa shape index (κ1) is 16.5. The maximum Gasteiger partial charge on any atom is 0.253 e. The summed E-state index contributed by atoms with van der Waals surface area (Å²) < 4.78 is 0. The second-order valence-electron chi connectivity index (χ2n) is 6.06. The molecule has 5 heteroatoms. The van der Waals surface area contributed by atoms with Crippen molar-refractivity contribution in [3.05, 3.63) is 59.9 Å². The molecule has 0 spiro atoms. The van der Waals surface area contributed by atoms with E-state index in [9.17, 15) is 4.79 Å². The molecule has 2 aromatic rings. The second kappa shape index (κ2) is 8.45. The van der Waals surface area contributed by atoms with E-state index in [-0.39, 0.29) is 5.91 Å². The molecule has 1 amide bonds. The second-order valence-corrected chi connectivity index (χ2v) is 6.06. The van der Waals surface area contributed by atoms with Gasteiger partial charge in [0.25, 0.3) is 5.91 Å². The Morgan fingerprint density at radius 2 is 1.83 bits per heavy atom. The molecular weight excluding hydrogens is 300 g/mol. The van der Waals surface area contributed by atoms with E-state index in [1.54, 1.807) is 12.4 Å². The number of nitrogens with zero attached hydrogens (tertiary/aromatic N) is 2. The minimum absolute atomic E-state index is 0.0213. The van der Waals surface area contributed by atoms with E-state index >= 15 is 0 Å². The highest BCUT2D eigenvalue weighted by Crippen LogP contribution is 2.16. The van der Waals surface area contributed by atoms with Gasteiger partial charge in [-0.05, 0) is 55.8 Å². The predicted molar refractivity (Wildman–Crippen MR) is 96.0 cm³/mol. The molecule has 2 N–H and O–H groups in total. The molecule has 0 bridgehead atoms. The zero-order valence-electron chi connectivity index (χ0n) is 13.9. The van der Waals surface area contributed by atoms with Crippen molar-refractivity contribution < 1.29 is 4.79 Å². The number of nitrogens with one attached hydrogen (secondary N) is 2. The minimum Gasteiger partial charge on any atom is -0.380 e. The van der Waals surface area contributed by atoms with Gasteiger partial charge in [0.1, 0.15) is 0 Å². The highest BCUT2D eigenvalue weighted by atomic mass is 16.1. The Morgan fingerprint density at radius 1 is 1.08 bits per heavy atom. The van der Waals surface area contributed by atoms with Crippen molar-refractivity contribution in [2.45, 2.75) is 19.4 Å². The largest absolute Gasteiger partial charge is 0.380 e. The summed E-state index contributed by atoms with van der Waals surface area (Å²) in [6.45, 7) is 4.59. The van der Waals surface area contributed by atoms with Crippen LogP contribution >= 0.6 is 0 Å². The molecule has 0 radical (unpaired) electrons. The molecule has 0 atom stereocenters. The Bertz CT molecular complexity index is 653. The molecule has 0 saturated carbocycles. The molecule has 1 fully saturated rings. The highest BCUT2D eigenvalue weighted by Gasteiger charge is 2.13. The number of rotatable bonds is 7. The molecule has 5 nitrogen and oxygen atoms in total. The van der Waals surface area contributed by atoms with Crippen molar-refractivity contribution in [3.8, 4) is 0 Å². The maximum atomic E-state index is 12.5. The van der Waals surface area contributed by atoms with Crippen LogP contribution in [0.2, 0.25) is 0 Å². The molecule has 0 unspecified atom stereocenters. The van der Waals surface area contributed by atoms with Crippen LogP contribution in [0.5, 0.6) is 0 Å². The van der Waals surface area contributed by atoms with Crippen molar-refractivity contribution in [1.82, 2.24) is 15.2 Å². The van der Waals surface area contributed by atoms with Crippen LogP contribution in [0.15, 0.2) is 48.8 Å². The standard InChI is InChI=1S/C19H24N4O/c24-19(21-11-14-23-12-3-4-13-23)17-5-1-2-6-18(17)22-15-16-7-9-20-10-8-16/h1-2,5-10,22H,3-4,11-15H2,(H,21,24). The quantitative estimate of drug-likeness (QED) is 0.822. The van der Waals surface area contributed by atoms with E-state index in [0.29, 0.717) is 18.7 Å². The normalized spacial score (nSPS) is 14.5. The van der Waals surface area contributed by atoms with E-state index < -0.39 is 0 Å². The lowest BCUT2D eigenvalue weighted by atomic mass is 10.1. The SMILES string of the molecule is O=C(NCCN1CCCC1)c1ccccc1NCc1ccncc1. The van der Waals surface area contributed by atoms with E-state index in [1.807, 2.05) is 36.4 Å². The number of aromatic nitrogens is 1. The number of para-hydroxylation sites is 1. The van der Waals surface area contributed by atoms with Gasteiger partial charge in [-0.2, -0.15) is 0 Å². The van der Waals surface area contributed by atoms with Crippen molar-refractivity contribution >= 4 is 11.6 Å². The number of amides is 1. The van der Waals surface area contributed by atoms with Crippen LogP contribution in [0.4, 0.5) is 5.69 Å². The van der Waals surface area contributed by atoms with Gasteiger partial charge in [-0.1, -0.05) is 12.1 Å². The van der Waals surface area contributed by atoms with Gasteiger partial charge in [0, 0.05) is 37.7 Å². The van der Waals surface area contributed by atoms with Gasteiger partial charge in [-0.25, -0.2) is 0 Å². The molecule has 3 rings (SSSR count). The molecule has 0 aliphatic carbocycles. The number of hydrogen-bond donors (Lipinski definition) is 2. The van der Waals surface area contributed by atoms with Crippen LogP contribution in [0, 0.1) is 0 Å². The van der Waals surface area contributed by atoms with Crippen molar-refractivity contribution in [3.63, 3.8) is 0 Å². The lowest BCUT2D eigenvalue weighted by molar-refractivity contribution is 0.0950. The van der Waals surface area contributed by atoms with Crippen molar-refractivity contribution in [2.24, 2.45) is 0 Å². The average Bonchev–Trinajstić information content (AvgIpc) is 3.14. The van der Waals surface area contributed by atoms with E-state index in [2.05, 4.69) is 20.5 Å². The van der Waals surface area contributed by atoms with Gasteiger partial charge in [0.15, 0.2) is 0 Å².